The minimum atomic E-state index is -0.449. The van der Waals surface area contributed by atoms with E-state index in [1.807, 2.05) is 19.1 Å². The van der Waals surface area contributed by atoms with Crippen molar-refractivity contribution in [3.8, 4) is 11.5 Å². The number of fused-ring (bicyclic) bond motifs is 1. The zero-order valence-electron chi connectivity index (χ0n) is 17.5. The summed E-state index contributed by atoms with van der Waals surface area (Å²) in [5, 5.41) is 7.87. The van der Waals surface area contributed by atoms with Gasteiger partial charge in [-0.25, -0.2) is 15.0 Å². The molecule has 8 nitrogen and oxygen atoms in total. The van der Waals surface area contributed by atoms with Gasteiger partial charge >= 0.3 is 0 Å². The zero-order valence-corrected chi connectivity index (χ0v) is 21.4. The van der Waals surface area contributed by atoms with Gasteiger partial charge < -0.3 is 20.1 Å². The molecule has 0 fully saturated rings. The Morgan fingerprint density at radius 2 is 1.79 bits per heavy atom. The Balaban J connectivity index is 1.70. The summed E-state index contributed by atoms with van der Waals surface area (Å²) in [7, 11) is 2.90. The van der Waals surface area contributed by atoms with Crippen LogP contribution >= 0.6 is 50.5 Å². The number of nitrogens with one attached hydrogen (secondary N) is 2. The van der Waals surface area contributed by atoms with Gasteiger partial charge in [0.2, 0.25) is 0 Å². The molecule has 0 unspecified atom stereocenters. The fraction of sp³-hybridized carbons (Fsp3) is 0.143. The molecule has 33 heavy (non-hydrogen) atoms. The molecular weight excluding hydrogens is 553 g/mol. The van der Waals surface area contributed by atoms with Crippen LogP contribution in [0, 0.1) is 6.92 Å². The van der Waals surface area contributed by atoms with E-state index in [9.17, 15) is 4.79 Å². The SMILES string of the molecule is COc1c(Cl)c(NC(=O)c2csc3c(Nc4ccc(C)cn4)ncnc23)c(Cl)c(OC)c1Br. The molecule has 0 saturated heterocycles. The topological polar surface area (TPSA) is 98.3 Å². The second-order valence-corrected chi connectivity index (χ2v) is 9.16. The van der Waals surface area contributed by atoms with Gasteiger partial charge in [0.05, 0.1) is 35.7 Å². The second-order valence-electron chi connectivity index (χ2n) is 6.73. The number of ether oxygens (including phenoxy) is 2. The fourth-order valence-electron chi connectivity index (χ4n) is 3.03. The molecule has 0 atom stereocenters. The van der Waals surface area contributed by atoms with Crippen molar-refractivity contribution in [1.82, 2.24) is 15.0 Å². The van der Waals surface area contributed by atoms with E-state index in [2.05, 4.69) is 41.5 Å². The monoisotopic (exact) mass is 567 g/mol. The maximum absolute atomic E-state index is 13.2. The fourth-order valence-corrected chi connectivity index (χ4v) is 5.60. The number of carbonyl (C=O) groups excluding carboxylic acids is 1. The molecule has 0 bridgehead atoms. The van der Waals surface area contributed by atoms with Gasteiger partial charge in [-0.2, -0.15) is 0 Å². The van der Waals surface area contributed by atoms with E-state index >= 15 is 0 Å². The molecule has 4 rings (SSSR count). The summed E-state index contributed by atoms with van der Waals surface area (Å²) in [6, 6.07) is 3.79. The maximum atomic E-state index is 13.2. The molecular formula is C21H16BrCl2N5O3S. The summed E-state index contributed by atoms with van der Waals surface area (Å²) in [6.07, 6.45) is 3.14. The third-order valence-corrected chi connectivity index (χ3v) is 7.06. The van der Waals surface area contributed by atoms with Gasteiger partial charge in [0, 0.05) is 11.6 Å². The highest BCUT2D eigenvalue weighted by molar-refractivity contribution is 9.10. The van der Waals surface area contributed by atoms with Crippen molar-refractivity contribution in [2.24, 2.45) is 0 Å². The molecule has 0 saturated carbocycles. The summed E-state index contributed by atoms with van der Waals surface area (Å²) in [5.41, 5.74) is 2.02. The first-order valence-electron chi connectivity index (χ1n) is 9.37. The summed E-state index contributed by atoms with van der Waals surface area (Å²) in [5.74, 6) is 1.29. The van der Waals surface area contributed by atoms with E-state index in [1.165, 1.54) is 31.9 Å². The predicted molar refractivity (Wildman–Crippen MR) is 135 cm³/mol. The molecule has 1 aromatic carbocycles. The maximum Gasteiger partial charge on any atom is 0.258 e. The number of rotatable bonds is 6. The lowest BCUT2D eigenvalue weighted by atomic mass is 10.2. The standard InChI is InChI=1S/C21H16BrCl2N5O3S/c1-9-4-5-11(25-6-9)28-20-19-15(26-8-27-20)10(7-33-19)21(30)29-16-13(23)17(31-2)12(22)18(32-3)14(16)24/h4-8H,1-3H3,(H,29,30)(H,25,26,27,28). The Hall–Kier alpha value is -2.66. The van der Waals surface area contributed by atoms with Crippen LogP contribution in [0.1, 0.15) is 15.9 Å². The number of anilines is 3. The third kappa shape index (κ3) is 4.43. The number of benzene rings is 1. The van der Waals surface area contributed by atoms with E-state index in [0.29, 0.717) is 31.9 Å². The normalized spacial score (nSPS) is 10.8. The molecule has 0 aliphatic rings. The predicted octanol–water partition coefficient (Wildman–Crippen LogP) is 6.48. The van der Waals surface area contributed by atoms with E-state index in [1.54, 1.807) is 11.6 Å². The number of amides is 1. The van der Waals surface area contributed by atoms with Crippen LogP contribution in [-0.2, 0) is 0 Å². The number of thiophene rings is 1. The van der Waals surface area contributed by atoms with Crippen LogP contribution in [0.3, 0.4) is 0 Å². The van der Waals surface area contributed by atoms with Gasteiger partial charge in [-0.05, 0) is 34.5 Å². The summed E-state index contributed by atoms with van der Waals surface area (Å²) >= 11 is 17.6. The molecule has 3 heterocycles. The number of nitrogens with zero attached hydrogens (tertiary/aromatic N) is 3. The first kappa shape index (κ1) is 23.5. The summed E-state index contributed by atoms with van der Waals surface area (Å²) in [6.45, 7) is 1.96. The number of carbonyl (C=O) groups is 1. The van der Waals surface area contributed by atoms with Gasteiger partial charge in [0.1, 0.15) is 26.7 Å². The minimum Gasteiger partial charge on any atom is -0.494 e. The number of methoxy groups -OCH3 is 2. The number of aryl methyl sites for hydroxylation is 1. The Morgan fingerprint density at radius 1 is 1.09 bits per heavy atom. The molecule has 2 N–H and O–H groups in total. The smallest absolute Gasteiger partial charge is 0.258 e. The van der Waals surface area contributed by atoms with E-state index in [0.717, 1.165) is 5.56 Å². The quantitative estimate of drug-likeness (QED) is 0.275. The molecule has 0 spiro atoms. The average molecular weight is 569 g/mol. The van der Waals surface area contributed by atoms with Crippen molar-refractivity contribution >= 4 is 83.9 Å². The first-order valence-corrected chi connectivity index (χ1v) is 11.8. The van der Waals surface area contributed by atoms with Crippen LogP contribution < -0.4 is 20.1 Å². The molecule has 3 aromatic heterocycles. The van der Waals surface area contributed by atoms with Crippen LogP contribution in [0.5, 0.6) is 11.5 Å². The Bertz CT molecular complexity index is 1330. The van der Waals surface area contributed by atoms with Crippen LogP contribution in [-0.4, -0.2) is 35.1 Å². The van der Waals surface area contributed by atoms with E-state index < -0.39 is 5.91 Å². The lowest BCUT2D eigenvalue weighted by Gasteiger charge is -2.17. The molecule has 0 aliphatic carbocycles. The number of aromatic nitrogens is 3. The Kier molecular flexibility index (Phi) is 6.89. The van der Waals surface area contributed by atoms with Crippen molar-refractivity contribution in [3.05, 3.63) is 55.7 Å². The van der Waals surface area contributed by atoms with Gasteiger partial charge in [-0.3, -0.25) is 4.79 Å². The van der Waals surface area contributed by atoms with Crippen LogP contribution in [0.25, 0.3) is 10.2 Å². The Morgan fingerprint density at radius 3 is 2.39 bits per heavy atom. The Labute approximate surface area is 211 Å². The zero-order chi connectivity index (χ0) is 23.7. The van der Waals surface area contributed by atoms with E-state index in [-0.39, 0.29) is 27.2 Å². The van der Waals surface area contributed by atoms with Crippen molar-refractivity contribution in [3.63, 3.8) is 0 Å². The summed E-state index contributed by atoms with van der Waals surface area (Å²) < 4.78 is 11.8. The van der Waals surface area contributed by atoms with Crippen LogP contribution in [0.4, 0.5) is 17.3 Å². The number of hydrogen-bond donors (Lipinski definition) is 2. The summed E-state index contributed by atoms with van der Waals surface area (Å²) in [4.78, 5) is 26.1. The lowest BCUT2D eigenvalue weighted by molar-refractivity contribution is 0.102. The van der Waals surface area contributed by atoms with Crippen molar-refractivity contribution < 1.29 is 14.3 Å². The molecule has 12 heteroatoms. The second kappa shape index (κ2) is 9.68. The molecule has 1 amide bonds. The highest BCUT2D eigenvalue weighted by Crippen LogP contribution is 2.50. The van der Waals surface area contributed by atoms with Crippen LogP contribution in [0.2, 0.25) is 10.0 Å². The van der Waals surface area contributed by atoms with Gasteiger partial charge in [-0.1, -0.05) is 29.3 Å². The minimum absolute atomic E-state index is 0.130. The third-order valence-electron chi connectivity index (χ3n) is 4.64. The first-order chi connectivity index (χ1) is 15.8. The lowest BCUT2D eigenvalue weighted by Crippen LogP contribution is -2.13. The number of halogens is 3. The highest BCUT2D eigenvalue weighted by atomic mass is 79.9. The van der Waals surface area contributed by atoms with Gasteiger partial charge in [-0.15, -0.1) is 11.3 Å². The highest BCUT2D eigenvalue weighted by Gasteiger charge is 2.25. The molecule has 4 aromatic rings. The van der Waals surface area contributed by atoms with Crippen molar-refractivity contribution in [1.29, 1.82) is 0 Å². The number of hydrogen-bond acceptors (Lipinski definition) is 8. The molecule has 0 radical (unpaired) electrons. The van der Waals surface area contributed by atoms with Crippen molar-refractivity contribution in [2.45, 2.75) is 6.92 Å². The van der Waals surface area contributed by atoms with Gasteiger partial charge in [0.25, 0.3) is 5.91 Å². The largest absolute Gasteiger partial charge is 0.494 e. The van der Waals surface area contributed by atoms with Crippen LogP contribution in [0.15, 0.2) is 34.5 Å². The van der Waals surface area contributed by atoms with E-state index in [4.69, 9.17) is 32.7 Å². The van der Waals surface area contributed by atoms with Gasteiger partial charge in [0.15, 0.2) is 17.3 Å². The molecule has 170 valence electrons. The molecule has 0 aliphatic heterocycles. The van der Waals surface area contributed by atoms with Crippen molar-refractivity contribution in [2.75, 3.05) is 24.9 Å². The number of pyridine rings is 1. The average Bonchev–Trinajstić information content (AvgIpc) is 3.24.